The molecule has 0 saturated carbocycles. The van der Waals surface area contributed by atoms with Crippen molar-refractivity contribution in [3.63, 3.8) is 0 Å². The van der Waals surface area contributed by atoms with Gasteiger partial charge in [0, 0.05) is 30.8 Å². The molecule has 1 N–H and O–H groups in total. The normalized spacial score (nSPS) is 14.2. The van der Waals surface area contributed by atoms with E-state index in [0.29, 0.717) is 6.54 Å². The summed E-state index contributed by atoms with van der Waals surface area (Å²) in [4.78, 5) is 26.6. The van der Waals surface area contributed by atoms with Gasteiger partial charge in [0.2, 0.25) is 5.91 Å². The van der Waals surface area contributed by atoms with Crippen LogP contribution in [0.25, 0.3) is 0 Å². The van der Waals surface area contributed by atoms with Gasteiger partial charge in [0.05, 0.1) is 0 Å². The Morgan fingerprint density at radius 3 is 1.90 bits per heavy atom. The molecular formula is C16H32N2O2. The number of nitrogens with one attached hydrogen (secondary N) is 1. The highest BCUT2D eigenvalue weighted by Crippen LogP contribution is 2.35. The minimum Gasteiger partial charge on any atom is -0.355 e. The lowest BCUT2D eigenvalue weighted by atomic mass is 9.69. The van der Waals surface area contributed by atoms with Gasteiger partial charge in [-0.1, -0.05) is 41.5 Å². The third-order valence-electron chi connectivity index (χ3n) is 3.37. The number of carbonyl (C=O) groups is 2. The predicted molar refractivity (Wildman–Crippen MR) is 83.6 cm³/mol. The highest BCUT2D eigenvalue weighted by Gasteiger charge is 2.38. The first kappa shape index (κ1) is 19.1. The van der Waals surface area contributed by atoms with Crippen molar-refractivity contribution >= 4 is 11.7 Å². The molecule has 0 spiro atoms. The second kappa shape index (κ2) is 7.21. The molecule has 20 heavy (non-hydrogen) atoms. The van der Waals surface area contributed by atoms with E-state index in [9.17, 15) is 9.59 Å². The quantitative estimate of drug-likeness (QED) is 0.814. The molecular weight excluding hydrogens is 252 g/mol. The van der Waals surface area contributed by atoms with Crippen molar-refractivity contribution in [3.05, 3.63) is 0 Å². The van der Waals surface area contributed by atoms with Gasteiger partial charge >= 0.3 is 0 Å². The first-order chi connectivity index (χ1) is 8.85. The molecule has 4 nitrogen and oxygen atoms in total. The second-order valence-corrected chi connectivity index (χ2v) is 7.89. The lowest BCUT2D eigenvalue weighted by molar-refractivity contribution is -0.137. The average molecular weight is 284 g/mol. The van der Waals surface area contributed by atoms with Crippen LogP contribution in [0.15, 0.2) is 0 Å². The van der Waals surface area contributed by atoms with Crippen molar-refractivity contribution in [2.75, 3.05) is 27.2 Å². The topological polar surface area (TPSA) is 49.4 Å². The molecule has 0 heterocycles. The Hall–Kier alpha value is -0.900. The van der Waals surface area contributed by atoms with Crippen molar-refractivity contribution in [2.45, 2.75) is 48.0 Å². The molecule has 118 valence electrons. The Bertz CT molecular complexity index is 335. The van der Waals surface area contributed by atoms with Crippen molar-refractivity contribution in [2.24, 2.45) is 16.7 Å². The van der Waals surface area contributed by atoms with Crippen LogP contribution in [-0.2, 0) is 9.59 Å². The molecule has 0 aliphatic carbocycles. The van der Waals surface area contributed by atoms with E-state index in [-0.39, 0.29) is 29.4 Å². The summed E-state index contributed by atoms with van der Waals surface area (Å²) in [6.07, 6.45) is 0.271. The maximum Gasteiger partial charge on any atom is 0.220 e. The lowest BCUT2D eigenvalue weighted by Gasteiger charge is -2.33. The van der Waals surface area contributed by atoms with E-state index in [2.05, 4.69) is 5.32 Å². The summed E-state index contributed by atoms with van der Waals surface area (Å²) in [5.74, 6) is -0.126. The van der Waals surface area contributed by atoms with Gasteiger partial charge in [0.25, 0.3) is 0 Å². The molecule has 0 aliphatic rings. The van der Waals surface area contributed by atoms with Gasteiger partial charge in [0.15, 0.2) is 0 Å². The fourth-order valence-corrected chi connectivity index (χ4v) is 1.99. The van der Waals surface area contributed by atoms with Crippen LogP contribution in [0.4, 0.5) is 0 Å². The molecule has 1 atom stereocenters. The standard InChI is InChI=1S/C16H32N2O2/c1-15(2,3)12(14(20)16(4,5)6)11-13(19)17-9-10-18(7)8/h12H,9-11H2,1-8H3,(H,17,19). The summed E-state index contributed by atoms with van der Waals surface area (Å²) in [5.41, 5.74) is -0.620. The van der Waals surface area contributed by atoms with Gasteiger partial charge in [-0.15, -0.1) is 0 Å². The van der Waals surface area contributed by atoms with Crippen LogP contribution >= 0.6 is 0 Å². The molecule has 0 radical (unpaired) electrons. The van der Waals surface area contributed by atoms with Gasteiger partial charge in [-0.2, -0.15) is 0 Å². The van der Waals surface area contributed by atoms with Crippen LogP contribution in [0.2, 0.25) is 0 Å². The Labute approximate surface area is 124 Å². The number of likely N-dealkylation sites (N-methyl/N-ethyl adjacent to an activating group) is 1. The van der Waals surface area contributed by atoms with Gasteiger partial charge in [-0.3, -0.25) is 9.59 Å². The molecule has 0 aliphatic heterocycles. The smallest absolute Gasteiger partial charge is 0.220 e. The minimum absolute atomic E-state index is 0.0376. The molecule has 0 aromatic carbocycles. The van der Waals surface area contributed by atoms with E-state index >= 15 is 0 Å². The van der Waals surface area contributed by atoms with E-state index in [0.717, 1.165) is 6.54 Å². The molecule has 4 heteroatoms. The predicted octanol–water partition coefficient (Wildman–Crippen LogP) is 2.33. The summed E-state index contributed by atoms with van der Waals surface area (Å²) in [6, 6.07) is 0. The first-order valence-corrected chi connectivity index (χ1v) is 7.31. The Morgan fingerprint density at radius 2 is 1.55 bits per heavy atom. The van der Waals surface area contributed by atoms with Crippen LogP contribution in [-0.4, -0.2) is 43.8 Å². The second-order valence-electron chi connectivity index (χ2n) is 7.89. The average Bonchev–Trinajstić information content (AvgIpc) is 2.21. The van der Waals surface area contributed by atoms with Gasteiger partial charge in [0.1, 0.15) is 5.78 Å². The maximum absolute atomic E-state index is 12.5. The number of hydrogen-bond acceptors (Lipinski definition) is 3. The van der Waals surface area contributed by atoms with Crippen LogP contribution in [0.5, 0.6) is 0 Å². The molecule has 0 aromatic rings. The fourth-order valence-electron chi connectivity index (χ4n) is 1.99. The van der Waals surface area contributed by atoms with E-state index in [1.165, 1.54) is 0 Å². The third-order valence-corrected chi connectivity index (χ3v) is 3.37. The van der Waals surface area contributed by atoms with Crippen molar-refractivity contribution < 1.29 is 9.59 Å². The zero-order chi connectivity index (χ0) is 16.1. The Balaban J connectivity index is 4.69. The SMILES string of the molecule is CN(C)CCNC(=O)CC(C(=O)C(C)(C)C)C(C)(C)C. The zero-order valence-corrected chi connectivity index (χ0v) is 14.5. The van der Waals surface area contributed by atoms with E-state index in [4.69, 9.17) is 0 Å². The lowest BCUT2D eigenvalue weighted by Crippen LogP contribution is -2.41. The van der Waals surface area contributed by atoms with E-state index in [1.807, 2.05) is 60.5 Å². The molecule has 0 fully saturated rings. The summed E-state index contributed by atoms with van der Waals surface area (Å²) in [7, 11) is 3.93. The number of Topliss-reactive ketones (excluding diaryl/α,β-unsaturated/α-hetero) is 1. The highest BCUT2D eigenvalue weighted by molar-refractivity contribution is 5.90. The summed E-state index contributed by atoms with van der Waals surface area (Å²) in [5, 5.41) is 2.89. The number of amides is 1. The molecule has 1 unspecified atom stereocenters. The zero-order valence-electron chi connectivity index (χ0n) is 14.5. The van der Waals surface area contributed by atoms with Crippen LogP contribution < -0.4 is 5.32 Å². The number of hydrogen-bond donors (Lipinski definition) is 1. The summed E-state index contributed by atoms with van der Waals surface area (Å²) >= 11 is 0. The molecule has 1 amide bonds. The van der Waals surface area contributed by atoms with Crippen molar-refractivity contribution in [1.82, 2.24) is 10.2 Å². The first-order valence-electron chi connectivity index (χ1n) is 7.31. The van der Waals surface area contributed by atoms with Gasteiger partial charge < -0.3 is 10.2 Å². The third kappa shape index (κ3) is 7.04. The molecule has 0 saturated heterocycles. The van der Waals surface area contributed by atoms with Gasteiger partial charge in [-0.05, 0) is 19.5 Å². The number of rotatable bonds is 6. The van der Waals surface area contributed by atoms with Crippen LogP contribution in [0.3, 0.4) is 0 Å². The largest absolute Gasteiger partial charge is 0.355 e. The number of carbonyl (C=O) groups excluding carboxylic acids is 2. The molecule has 0 bridgehead atoms. The summed E-state index contributed by atoms with van der Waals surface area (Å²) < 4.78 is 0. The molecule has 0 aromatic heterocycles. The van der Waals surface area contributed by atoms with Crippen LogP contribution in [0.1, 0.15) is 48.0 Å². The van der Waals surface area contributed by atoms with Gasteiger partial charge in [-0.25, -0.2) is 0 Å². The van der Waals surface area contributed by atoms with Crippen molar-refractivity contribution in [1.29, 1.82) is 0 Å². The van der Waals surface area contributed by atoms with Crippen molar-refractivity contribution in [3.8, 4) is 0 Å². The number of nitrogens with zero attached hydrogens (tertiary/aromatic N) is 1. The number of ketones is 1. The molecule has 0 rings (SSSR count). The monoisotopic (exact) mass is 284 g/mol. The fraction of sp³-hybridized carbons (Fsp3) is 0.875. The maximum atomic E-state index is 12.5. The minimum atomic E-state index is -0.415. The summed E-state index contributed by atoms with van der Waals surface area (Å²) in [6.45, 7) is 13.2. The Kier molecular flexibility index (Phi) is 6.88. The van der Waals surface area contributed by atoms with E-state index in [1.54, 1.807) is 0 Å². The van der Waals surface area contributed by atoms with E-state index < -0.39 is 5.41 Å². The highest BCUT2D eigenvalue weighted by atomic mass is 16.2. The Morgan fingerprint density at radius 1 is 1.05 bits per heavy atom. The van der Waals surface area contributed by atoms with Crippen LogP contribution in [0, 0.1) is 16.7 Å².